The topological polar surface area (TPSA) is 30.5 Å². The minimum Gasteiger partial charge on any atom is -0.391 e. The van der Waals surface area contributed by atoms with Gasteiger partial charge in [0.25, 0.3) is 0 Å². The maximum atomic E-state index is 6.05. The summed E-state index contributed by atoms with van der Waals surface area (Å²) >= 11 is 0. The molecule has 4 atom stereocenters. The van der Waals surface area contributed by atoms with E-state index in [0.717, 1.165) is 12.3 Å². The molecule has 2 bridgehead atoms. The highest BCUT2D eigenvalue weighted by molar-refractivity contribution is 6.42. The van der Waals surface area contributed by atoms with Crippen molar-refractivity contribution in [2.75, 3.05) is 7.05 Å². The fraction of sp³-hybridized carbons (Fsp3) is 1.00. The third-order valence-electron chi connectivity index (χ3n) is 5.18. The van der Waals surface area contributed by atoms with Gasteiger partial charge in [-0.15, -0.1) is 12.4 Å². The molecule has 0 aromatic rings. The molecule has 1 N–H and O–H groups in total. The molecule has 4 aliphatic rings. The molecule has 1 saturated heterocycles. The predicted octanol–water partition coefficient (Wildman–Crippen LogP) is 1.85. The molecular weight excluding hydrogens is 224 g/mol. The van der Waals surface area contributed by atoms with Crippen LogP contribution in [0.2, 0.25) is 0 Å². The van der Waals surface area contributed by atoms with Crippen molar-refractivity contribution in [3.05, 3.63) is 0 Å². The third-order valence-corrected chi connectivity index (χ3v) is 5.18. The predicted molar refractivity (Wildman–Crippen MR) is 66.4 cm³/mol. The molecule has 4 rings (SSSR count). The summed E-state index contributed by atoms with van der Waals surface area (Å²) in [5.41, 5.74) is 0.378. The van der Waals surface area contributed by atoms with Gasteiger partial charge >= 0.3 is 7.25 Å². The van der Waals surface area contributed by atoms with E-state index in [9.17, 15) is 0 Å². The Hall–Kier alpha value is 0.235. The summed E-state index contributed by atoms with van der Waals surface area (Å²) in [6.07, 6.45) is 2.78. The number of hydrogen-bond donors (Lipinski definition) is 1. The highest BCUT2D eigenvalue weighted by Gasteiger charge is 2.67. The van der Waals surface area contributed by atoms with Crippen LogP contribution in [-0.4, -0.2) is 26.0 Å². The van der Waals surface area contributed by atoms with Gasteiger partial charge in [0.05, 0.1) is 11.7 Å². The van der Waals surface area contributed by atoms with E-state index in [4.69, 9.17) is 9.31 Å². The molecule has 3 aliphatic carbocycles. The van der Waals surface area contributed by atoms with Gasteiger partial charge in [0.2, 0.25) is 0 Å². The molecule has 0 aromatic heterocycles. The normalized spacial score (nSPS) is 48.0. The fourth-order valence-corrected chi connectivity index (χ4v) is 3.99. The highest BCUT2D eigenvalue weighted by Crippen LogP contribution is 2.65. The molecule has 3 nitrogen and oxygen atoms in total. The number of hydrogen-bond acceptors (Lipinski definition) is 3. The lowest BCUT2D eigenvalue weighted by Gasteiger charge is -2.64. The molecule has 0 aromatic carbocycles. The smallest absolute Gasteiger partial charge is 0.391 e. The Kier molecular flexibility index (Phi) is 2.86. The van der Waals surface area contributed by atoms with Gasteiger partial charge in [0.1, 0.15) is 0 Å². The monoisotopic (exact) mass is 245 g/mol. The Morgan fingerprint density at radius 2 is 1.94 bits per heavy atom. The lowest BCUT2D eigenvalue weighted by molar-refractivity contribution is -0.199. The first kappa shape index (κ1) is 12.7. The molecular formula is C11H21BClNO2. The minimum atomic E-state index is -0.199. The van der Waals surface area contributed by atoms with E-state index in [-0.39, 0.29) is 25.3 Å². The van der Waals surface area contributed by atoms with Gasteiger partial charge in [0.15, 0.2) is 0 Å². The van der Waals surface area contributed by atoms with E-state index in [1.807, 2.05) is 7.05 Å². The average molecular weight is 246 g/mol. The van der Waals surface area contributed by atoms with Crippen molar-refractivity contribution in [3.63, 3.8) is 0 Å². The van der Waals surface area contributed by atoms with E-state index in [1.165, 1.54) is 6.42 Å². The van der Waals surface area contributed by atoms with Gasteiger partial charge in [-0.1, -0.05) is 13.8 Å². The van der Waals surface area contributed by atoms with Crippen molar-refractivity contribution < 1.29 is 9.31 Å². The summed E-state index contributed by atoms with van der Waals surface area (Å²) < 4.78 is 11.9. The Labute approximate surface area is 104 Å². The summed E-state index contributed by atoms with van der Waals surface area (Å²) in [7, 11) is 1.69. The summed E-state index contributed by atoms with van der Waals surface area (Å²) in [5.74, 6) is 1.49. The standard InChI is InChI=1S/C11H20BNO2.ClH/c1-10(2)7-5-8(10)11(3)9(6-7)14-12(13-4)15-11;/h7-9,13H,5-6H2,1-4H3;1H/t7-,8-,9+,11-;/m0./s1. The second-order valence-electron chi connectivity index (χ2n) is 6.09. The van der Waals surface area contributed by atoms with Gasteiger partial charge in [-0.25, -0.2) is 0 Å². The van der Waals surface area contributed by atoms with E-state index < -0.39 is 0 Å². The average Bonchev–Trinajstić information content (AvgIpc) is 2.53. The fourth-order valence-electron chi connectivity index (χ4n) is 3.99. The Balaban J connectivity index is 0.000000963. The van der Waals surface area contributed by atoms with E-state index in [1.54, 1.807) is 0 Å². The summed E-state index contributed by atoms with van der Waals surface area (Å²) in [5, 5.41) is 3.07. The molecule has 0 amide bonds. The molecule has 1 aliphatic heterocycles. The third kappa shape index (κ3) is 1.33. The molecule has 0 spiro atoms. The quantitative estimate of drug-likeness (QED) is 0.715. The van der Waals surface area contributed by atoms with Crippen molar-refractivity contribution in [1.29, 1.82) is 0 Å². The van der Waals surface area contributed by atoms with E-state index in [2.05, 4.69) is 26.0 Å². The zero-order valence-electron chi connectivity index (χ0n) is 10.4. The summed E-state index contributed by atoms with van der Waals surface area (Å²) in [6, 6.07) is 0. The maximum Gasteiger partial charge on any atom is 0.555 e. The largest absolute Gasteiger partial charge is 0.555 e. The van der Waals surface area contributed by atoms with Crippen LogP contribution in [-0.2, 0) is 9.31 Å². The van der Waals surface area contributed by atoms with Crippen molar-refractivity contribution in [3.8, 4) is 0 Å². The zero-order valence-corrected chi connectivity index (χ0v) is 11.3. The van der Waals surface area contributed by atoms with Crippen LogP contribution < -0.4 is 5.23 Å². The van der Waals surface area contributed by atoms with Crippen molar-refractivity contribution in [2.45, 2.75) is 45.3 Å². The first-order valence-corrected chi connectivity index (χ1v) is 5.99. The zero-order chi connectivity index (χ0) is 10.8. The van der Waals surface area contributed by atoms with Crippen molar-refractivity contribution >= 4 is 19.7 Å². The maximum absolute atomic E-state index is 6.05. The molecule has 3 saturated carbocycles. The second-order valence-corrected chi connectivity index (χ2v) is 6.09. The summed E-state index contributed by atoms with van der Waals surface area (Å²) in [6.45, 7) is 6.99. The van der Waals surface area contributed by atoms with Gasteiger partial charge in [0, 0.05) is 0 Å². The first-order valence-electron chi connectivity index (χ1n) is 5.99. The van der Waals surface area contributed by atoms with Crippen LogP contribution in [0.4, 0.5) is 0 Å². The molecule has 0 radical (unpaired) electrons. The lowest BCUT2D eigenvalue weighted by Crippen LogP contribution is -2.65. The van der Waals surface area contributed by atoms with E-state index >= 15 is 0 Å². The molecule has 92 valence electrons. The second kappa shape index (κ2) is 3.61. The SMILES string of the molecule is CNB1O[C@@H]2C[C@@H]3C[C@@H](C3(C)C)[C@]2(C)O1.Cl. The number of halogens is 1. The van der Waals surface area contributed by atoms with Crippen LogP contribution in [0.25, 0.3) is 0 Å². The van der Waals surface area contributed by atoms with Crippen LogP contribution >= 0.6 is 12.4 Å². The molecule has 16 heavy (non-hydrogen) atoms. The molecule has 5 heteroatoms. The lowest BCUT2D eigenvalue weighted by atomic mass is 9.43. The number of nitrogens with one attached hydrogen (secondary N) is 1. The van der Waals surface area contributed by atoms with Crippen LogP contribution in [0.15, 0.2) is 0 Å². The van der Waals surface area contributed by atoms with Crippen molar-refractivity contribution in [2.24, 2.45) is 17.3 Å². The van der Waals surface area contributed by atoms with Gasteiger partial charge in [-0.2, -0.15) is 0 Å². The Bertz CT molecular complexity index is 302. The summed E-state index contributed by atoms with van der Waals surface area (Å²) in [4.78, 5) is 0. The van der Waals surface area contributed by atoms with Crippen LogP contribution in [0, 0.1) is 17.3 Å². The van der Waals surface area contributed by atoms with E-state index in [0.29, 0.717) is 17.4 Å². The number of rotatable bonds is 1. The van der Waals surface area contributed by atoms with Gasteiger partial charge < -0.3 is 14.5 Å². The van der Waals surface area contributed by atoms with Crippen LogP contribution in [0.1, 0.15) is 33.6 Å². The Morgan fingerprint density at radius 1 is 1.25 bits per heavy atom. The van der Waals surface area contributed by atoms with Gasteiger partial charge in [-0.3, -0.25) is 0 Å². The highest BCUT2D eigenvalue weighted by atomic mass is 35.5. The Morgan fingerprint density at radius 3 is 2.50 bits per heavy atom. The molecule has 1 heterocycles. The van der Waals surface area contributed by atoms with Crippen molar-refractivity contribution in [1.82, 2.24) is 5.23 Å². The molecule has 0 unspecified atom stereocenters. The minimum absolute atomic E-state index is 0. The van der Waals surface area contributed by atoms with Crippen LogP contribution in [0.3, 0.4) is 0 Å². The first-order chi connectivity index (χ1) is 6.98. The molecule has 4 fully saturated rings. The van der Waals surface area contributed by atoms with Crippen LogP contribution in [0.5, 0.6) is 0 Å². The van der Waals surface area contributed by atoms with Gasteiger partial charge in [-0.05, 0) is 44.1 Å².